The number of hydrogen-bond donors (Lipinski definition) is 2. The van der Waals surface area contributed by atoms with Gasteiger partial charge in [0.2, 0.25) is 5.75 Å². The predicted octanol–water partition coefficient (Wildman–Crippen LogP) is 1.42. The van der Waals surface area contributed by atoms with Crippen molar-refractivity contribution in [2.75, 3.05) is 31.6 Å². The first kappa shape index (κ1) is 14.9. The van der Waals surface area contributed by atoms with Crippen LogP contribution in [0, 0.1) is 0 Å². The fraction of sp³-hybridized carbons (Fsp3) is 0.286. The second-order valence-electron chi connectivity index (χ2n) is 4.39. The lowest BCUT2D eigenvalue weighted by Crippen LogP contribution is -2.20. The average Bonchev–Trinajstić information content (AvgIpc) is 2.54. The maximum Gasteiger partial charge on any atom is 0.205 e. The van der Waals surface area contributed by atoms with Gasteiger partial charge in [0.15, 0.2) is 11.6 Å². The molecule has 0 spiro atoms. The van der Waals surface area contributed by atoms with Gasteiger partial charge >= 0.3 is 0 Å². The van der Waals surface area contributed by atoms with E-state index in [1.807, 2.05) is 36.2 Å². The van der Waals surface area contributed by atoms with Gasteiger partial charge < -0.3 is 19.8 Å². The standard InChI is InChI=1S/C14H19N5O2/c1-19(8-10-6-4-5-7-11(10)20-2)14-12(21-3)13(18-15)16-9-17-14/h4-7,9H,8,15H2,1-3H3,(H,16,17,18). The van der Waals surface area contributed by atoms with Crippen LogP contribution in [0.5, 0.6) is 11.5 Å². The number of hydrazine groups is 1. The van der Waals surface area contributed by atoms with Crippen LogP contribution in [-0.4, -0.2) is 31.2 Å². The predicted molar refractivity (Wildman–Crippen MR) is 81.5 cm³/mol. The van der Waals surface area contributed by atoms with Crippen molar-refractivity contribution in [3.05, 3.63) is 36.2 Å². The van der Waals surface area contributed by atoms with Crippen LogP contribution in [0.2, 0.25) is 0 Å². The van der Waals surface area contributed by atoms with Crippen LogP contribution in [0.15, 0.2) is 30.6 Å². The summed E-state index contributed by atoms with van der Waals surface area (Å²) in [5, 5.41) is 0. The summed E-state index contributed by atoms with van der Waals surface area (Å²) in [6.45, 7) is 0.612. The van der Waals surface area contributed by atoms with Gasteiger partial charge in [-0.15, -0.1) is 0 Å². The summed E-state index contributed by atoms with van der Waals surface area (Å²) in [5.74, 6) is 7.84. The Kier molecular flexibility index (Phi) is 4.78. The van der Waals surface area contributed by atoms with Crippen molar-refractivity contribution in [3.8, 4) is 11.5 Å². The van der Waals surface area contributed by atoms with Crippen LogP contribution in [-0.2, 0) is 6.54 Å². The third-order valence-electron chi connectivity index (χ3n) is 3.09. The Balaban J connectivity index is 2.30. The zero-order chi connectivity index (χ0) is 15.2. The first-order valence-corrected chi connectivity index (χ1v) is 6.39. The fourth-order valence-corrected chi connectivity index (χ4v) is 2.09. The van der Waals surface area contributed by atoms with Crippen LogP contribution in [0.1, 0.15) is 5.56 Å². The summed E-state index contributed by atoms with van der Waals surface area (Å²) < 4.78 is 10.7. The van der Waals surface area contributed by atoms with E-state index in [0.717, 1.165) is 11.3 Å². The van der Waals surface area contributed by atoms with E-state index in [2.05, 4.69) is 15.4 Å². The number of rotatable bonds is 6. The molecule has 0 saturated heterocycles. The Morgan fingerprint density at radius 2 is 1.95 bits per heavy atom. The number of nitrogens with zero attached hydrogens (tertiary/aromatic N) is 3. The van der Waals surface area contributed by atoms with Gasteiger partial charge in [-0.1, -0.05) is 18.2 Å². The highest BCUT2D eigenvalue weighted by atomic mass is 16.5. The molecular weight excluding hydrogens is 270 g/mol. The molecule has 7 nitrogen and oxygen atoms in total. The van der Waals surface area contributed by atoms with E-state index in [9.17, 15) is 0 Å². The topological polar surface area (TPSA) is 85.5 Å². The van der Waals surface area contributed by atoms with Crippen molar-refractivity contribution < 1.29 is 9.47 Å². The lowest BCUT2D eigenvalue weighted by Gasteiger charge is -2.22. The molecule has 2 rings (SSSR count). The number of ether oxygens (including phenoxy) is 2. The number of aromatic nitrogens is 2. The second-order valence-corrected chi connectivity index (χ2v) is 4.39. The largest absolute Gasteiger partial charge is 0.496 e. The fourth-order valence-electron chi connectivity index (χ4n) is 2.09. The Hall–Kier alpha value is -2.54. The second kappa shape index (κ2) is 6.76. The van der Waals surface area contributed by atoms with Crippen molar-refractivity contribution in [3.63, 3.8) is 0 Å². The number of hydrogen-bond acceptors (Lipinski definition) is 7. The molecule has 1 aromatic heterocycles. The molecule has 0 saturated carbocycles. The summed E-state index contributed by atoms with van der Waals surface area (Å²) in [5.41, 5.74) is 3.55. The first-order valence-electron chi connectivity index (χ1n) is 6.39. The molecule has 0 fully saturated rings. The smallest absolute Gasteiger partial charge is 0.205 e. The van der Waals surface area contributed by atoms with Crippen molar-refractivity contribution in [2.45, 2.75) is 6.54 Å². The number of nitrogen functional groups attached to an aromatic ring is 1. The van der Waals surface area contributed by atoms with E-state index in [-0.39, 0.29) is 0 Å². The van der Waals surface area contributed by atoms with E-state index in [0.29, 0.717) is 23.9 Å². The molecule has 0 aliphatic heterocycles. The molecule has 7 heteroatoms. The number of anilines is 2. The van der Waals surface area contributed by atoms with Gasteiger partial charge in [0.05, 0.1) is 14.2 Å². The summed E-state index contributed by atoms with van der Waals surface area (Å²) in [6.07, 6.45) is 1.44. The highest BCUT2D eigenvalue weighted by molar-refractivity contribution is 5.64. The molecule has 0 bridgehead atoms. The minimum absolute atomic E-state index is 0.439. The van der Waals surface area contributed by atoms with Gasteiger partial charge in [-0.05, 0) is 6.07 Å². The number of methoxy groups -OCH3 is 2. The van der Waals surface area contributed by atoms with Crippen LogP contribution in [0.25, 0.3) is 0 Å². The van der Waals surface area contributed by atoms with Crippen molar-refractivity contribution in [1.82, 2.24) is 9.97 Å². The van der Waals surface area contributed by atoms with Crippen molar-refractivity contribution in [1.29, 1.82) is 0 Å². The molecule has 1 heterocycles. The van der Waals surface area contributed by atoms with Crippen LogP contribution in [0.4, 0.5) is 11.6 Å². The van der Waals surface area contributed by atoms with Gasteiger partial charge in [0.1, 0.15) is 12.1 Å². The Morgan fingerprint density at radius 3 is 2.62 bits per heavy atom. The van der Waals surface area contributed by atoms with Crippen LogP contribution >= 0.6 is 0 Å². The Bertz CT molecular complexity index is 606. The third kappa shape index (κ3) is 3.14. The maximum atomic E-state index is 5.43. The third-order valence-corrected chi connectivity index (χ3v) is 3.09. The molecule has 2 aromatic rings. The minimum Gasteiger partial charge on any atom is -0.496 e. The van der Waals surface area contributed by atoms with Crippen LogP contribution < -0.4 is 25.6 Å². The molecule has 0 aliphatic rings. The van der Waals surface area contributed by atoms with Gasteiger partial charge in [0, 0.05) is 19.2 Å². The monoisotopic (exact) mass is 289 g/mol. The number of nitrogens with two attached hydrogens (primary N) is 1. The van der Waals surface area contributed by atoms with E-state index in [1.54, 1.807) is 14.2 Å². The van der Waals surface area contributed by atoms with E-state index >= 15 is 0 Å². The first-order chi connectivity index (χ1) is 10.2. The molecule has 0 unspecified atom stereocenters. The van der Waals surface area contributed by atoms with E-state index < -0.39 is 0 Å². The lowest BCUT2D eigenvalue weighted by atomic mass is 10.2. The highest BCUT2D eigenvalue weighted by Crippen LogP contribution is 2.32. The van der Waals surface area contributed by atoms with E-state index in [1.165, 1.54) is 6.33 Å². The van der Waals surface area contributed by atoms with Gasteiger partial charge in [-0.3, -0.25) is 0 Å². The molecule has 3 N–H and O–H groups in total. The summed E-state index contributed by atoms with van der Waals surface area (Å²) >= 11 is 0. The molecule has 0 aliphatic carbocycles. The Morgan fingerprint density at radius 1 is 1.19 bits per heavy atom. The lowest BCUT2D eigenvalue weighted by molar-refractivity contribution is 0.407. The summed E-state index contributed by atoms with van der Waals surface area (Å²) in [4.78, 5) is 10.2. The van der Waals surface area contributed by atoms with Crippen molar-refractivity contribution in [2.24, 2.45) is 5.84 Å². The summed E-state index contributed by atoms with van der Waals surface area (Å²) in [6, 6.07) is 7.83. The molecule has 112 valence electrons. The number of para-hydroxylation sites is 1. The SMILES string of the molecule is COc1ccccc1CN(C)c1ncnc(NN)c1OC. The molecule has 21 heavy (non-hydrogen) atoms. The quantitative estimate of drug-likeness (QED) is 0.614. The number of benzene rings is 1. The van der Waals surface area contributed by atoms with E-state index in [4.69, 9.17) is 15.3 Å². The van der Waals surface area contributed by atoms with Crippen LogP contribution in [0.3, 0.4) is 0 Å². The van der Waals surface area contributed by atoms with Gasteiger partial charge in [0.25, 0.3) is 0 Å². The Labute approximate surface area is 123 Å². The van der Waals surface area contributed by atoms with Gasteiger partial charge in [-0.2, -0.15) is 0 Å². The zero-order valence-corrected chi connectivity index (χ0v) is 12.3. The maximum absolute atomic E-state index is 5.43. The van der Waals surface area contributed by atoms with Crippen molar-refractivity contribution >= 4 is 11.6 Å². The molecule has 0 radical (unpaired) electrons. The normalized spacial score (nSPS) is 10.1. The minimum atomic E-state index is 0.439. The average molecular weight is 289 g/mol. The highest BCUT2D eigenvalue weighted by Gasteiger charge is 2.16. The zero-order valence-electron chi connectivity index (χ0n) is 12.3. The number of nitrogens with one attached hydrogen (secondary N) is 1. The molecule has 0 atom stereocenters. The molecular formula is C14H19N5O2. The summed E-state index contributed by atoms with van der Waals surface area (Å²) in [7, 11) is 5.12. The molecule has 1 aromatic carbocycles. The van der Waals surface area contributed by atoms with Gasteiger partial charge in [-0.25, -0.2) is 15.8 Å². The molecule has 0 amide bonds.